The van der Waals surface area contributed by atoms with Gasteiger partial charge in [0.2, 0.25) is 0 Å². The van der Waals surface area contributed by atoms with Crippen molar-refractivity contribution in [3.63, 3.8) is 0 Å². The van der Waals surface area contributed by atoms with Crippen LogP contribution in [0.3, 0.4) is 0 Å². The lowest BCUT2D eigenvalue weighted by Crippen LogP contribution is -2.18. The Hall–Kier alpha value is -3.09. The summed E-state index contributed by atoms with van der Waals surface area (Å²) in [4.78, 5) is 24.5. The molecule has 0 saturated heterocycles. The third-order valence-corrected chi connectivity index (χ3v) is 5.49. The maximum atomic E-state index is 11.7. The van der Waals surface area contributed by atoms with Crippen LogP contribution in [0, 0.1) is 5.92 Å². The molecule has 2 aromatic heterocycles. The number of hydrogen-bond donors (Lipinski definition) is 1. The Morgan fingerprint density at radius 2 is 2.04 bits per heavy atom. The van der Waals surface area contributed by atoms with E-state index in [0.717, 1.165) is 29.2 Å². The summed E-state index contributed by atoms with van der Waals surface area (Å²) in [5.41, 5.74) is 3.93. The van der Waals surface area contributed by atoms with Crippen LogP contribution in [0.25, 0.3) is 16.9 Å². The van der Waals surface area contributed by atoms with E-state index in [1.165, 1.54) is 32.1 Å². The number of amides is 1. The van der Waals surface area contributed by atoms with E-state index in [9.17, 15) is 4.79 Å². The molecule has 5 rings (SSSR count). The highest BCUT2D eigenvalue weighted by Crippen LogP contribution is 2.27. The summed E-state index contributed by atoms with van der Waals surface area (Å²) in [6.07, 6.45) is 11.5. The molecule has 1 N–H and O–H groups in total. The Bertz CT molecular complexity index is 1050. The van der Waals surface area contributed by atoms with Gasteiger partial charge in [-0.25, -0.2) is 19.5 Å². The van der Waals surface area contributed by atoms with Crippen molar-refractivity contribution in [2.75, 3.05) is 11.9 Å². The van der Waals surface area contributed by atoms with Crippen LogP contribution in [0.4, 0.5) is 5.82 Å². The van der Waals surface area contributed by atoms with Gasteiger partial charge in [0, 0.05) is 23.9 Å². The highest BCUT2D eigenvalue weighted by molar-refractivity contribution is 6.13. The molecule has 2 aliphatic rings. The number of aliphatic imine (C=N–C) groups is 1. The van der Waals surface area contributed by atoms with Crippen molar-refractivity contribution >= 4 is 23.6 Å². The minimum absolute atomic E-state index is 0.192. The third-order valence-electron chi connectivity index (χ3n) is 5.49. The first kappa shape index (κ1) is 16.1. The predicted octanol–water partition coefficient (Wildman–Crippen LogP) is 3.36. The highest BCUT2D eigenvalue weighted by atomic mass is 16.1. The van der Waals surface area contributed by atoms with Crippen LogP contribution in [-0.4, -0.2) is 38.2 Å². The molecule has 0 bridgehead atoms. The summed E-state index contributed by atoms with van der Waals surface area (Å²) in [5, 5.41) is 7.85. The number of carbonyl (C=O) groups excluding carboxylic acids is 1. The van der Waals surface area contributed by atoms with Gasteiger partial charge in [0.1, 0.15) is 6.33 Å². The van der Waals surface area contributed by atoms with Crippen LogP contribution in [0.5, 0.6) is 0 Å². The average Bonchev–Trinajstić information content (AvgIpc) is 3.34. The quantitative estimate of drug-likeness (QED) is 0.771. The summed E-state index contributed by atoms with van der Waals surface area (Å²) >= 11 is 0. The van der Waals surface area contributed by atoms with Gasteiger partial charge in [0.15, 0.2) is 11.5 Å². The van der Waals surface area contributed by atoms with Crippen molar-refractivity contribution in [2.24, 2.45) is 10.9 Å². The largest absolute Gasteiger partial charge is 0.367 e. The SMILES string of the molecule is O=C1N=Cc2cc(-c3cnc(NCC4CCCCC4)c4ncnn34)ccc21. The fourth-order valence-electron chi connectivity index (χ4n) is 3.99. The molecule has 136 valence electrons. The number of aromatic nitrogens is 4. The van der Waals surface area contributed by atoms with Gasteiger partial charge in [0.05, 0.1) is 17.5 Å². The standard InChI is InChI=1S/C20H20N6O/c27-20-16-7-6-14(8-15(16)10-23-20)17-11-22-18(19-24-12-25-26(17)19)21-9-13-4-2-1-3-5-13/h6-8,10-13H,1-5,9H2,(H,21,22). The van der Waals surface area contributed by atoms with Crippen molar-refractivity contribution in [1.29, 1.82) is 0 Å². The Morgan fingerprint density at radius 3 is 2.93 bits per heavy atom. The molecule has 1 aliphatic heterocycles. The molecule has 1 aromatic carbocycles. The van der Waals surface area contributed by atoms with E-state index in [0.29, 0.717) is 17.1 Å². The van der Waals surface area contributed by atoms with Crippen LogP contribution >= 0.6 is 0 Å². The van der Waals surface area contributed by atoms with Crippen molar-refractivity contribution in [3.8, 4) is 11.3 Å². The number of nitrogens with zero attached hydrogens (tertiary/aromatic N) is 5. The van der Waals surface area contributed by atoms with Crippen molar-refractivity contribution < 1.29 is 4.79 Å². The van der Waals surface area contributed by atoms with E-state index in [-0.39, 0.29) is 5.91 Å². The molecule has 0 atom stereocenters. The first-order chi connectivity index (χ1) is 13.3. The number of benzene rings is 1. The number of nitrogens with one attached hydrogen (secondary N) is 1. The smallest absolute Gasteiger partial charge is 0.277 e. The van der Waals surface area contributed by atoms with Crippen molar-refractivity contribution in [3.05, 3.63) is 41.9 Å². The topological polar surface area (TPSA) is 84.5 Å². The zero-order valence-corrected chi connectivity index (χ0v) is 14.9. The van der Waals surface area contributed by atoms with Gasteiger partial charge in [-0.15, -0.1) is 0 Å². The van der Waals surface area contributed by atoms with E-state index in [1.54, 1.807) is 29.3 Å². The number of anilines is 1. The molecule has 7 nitrogen and oxygen atoms in total. The van der Waals surface area contributed by atoms with Crippen molar-refractivity contribution in [1.82, 2.24) is 19.6 Å². The molecule has 0 spiro atoms. The van der Waals surface area contributed by atoms with E-state index in [1.807, 2.05) is 12.1 Å². The van der Waals surface area contributed by atoms with Crippen LogP contribution in [0.1, 0.15) is 48.0 Å². The number of hydrogen-bond acceptors (Lipinski definition) is 5. The molecule has 0 unspecified atom stereocenters. The van der Waals surface area contributed by atoms with Crippen LogP contribution in [-0.2, 0) is 0 Å². The summed E-state index contributed by atoms with van der Waals surface area (Å²) in [6.45, 7) is 0.923. The van der Waals surface area contributed by atoms with Gasteiger partial charge < -0.3 is 5.32 Å². The van der Waals surface area contributed by atoms with Gasteiger partial charge >= 0.3 is 0 Å². The zero-order chi connectivity index (χ0) is 18.2. The molecule has 1 amide bonds. The normalized spacial score (nSPS) is 16.8. The second kappa shape index (κ2) is 6.57. The molecular weight excluding hydrogens is 340 g/mol. The van der Waals surface area contributed by atoms with E-state index in [4.69, 9.17) is 0 Å². The van der Waals surface area contributed by atoms with Gasteiger partial charge in [-0.3, -0.25) is 4.79 Å². The highest BCUT2D eigenvalue weighted by Gasteiger charge is 2.19. The predicted molar refractivity (Wildman–Crippen MR) is 103 cm³/mol. The summed E-state index contributed by atoms with van der Waals surface area (Å²) < 4.78 is 1.80. The maximum Gasteiger partial charge on any atom is 0.277 e. The number of fused-ring (bicyclic) bond motifs is 2. The molecule has 0 radical (unpaired) electrons. The van der Waals surface area contributed by atoms with Gasteiger partial charge in [-0.2, -0.15) is 5.10 Å². The molecule has 1 saturated carbocycles. The van der Waals surface area contributed by atoms with Gasteiger partial charge in [0.25, 0.3) is 5.91 Å². The Kier molecular flexibility index (Phi) is 3.92. The summed E-state index contributed by atoms with van der Waals surface area (Å²) in [7, 11) is 0. The van der Waals surface area contributed by atoms with E-state index < -0.39 is 0 Å². The minimum atomic E-state index is -0.192. The molecule has 1 fully saturated rings. The van der Waals surface area contributed by atoms with Crippen LogP contribution in [0.15, 0.2) is 35.7 Å². The summed E-state index contributed by atoms with van der Waals surface area (Å²) in [6, 6.07) is 5.65. The molecule has 27 heavy (non-hydrogen) atoms. The fourth-order valence-corrected chi connectivity index (χ4v) is 3.99. The lowest BCUT2D eigenvalue weighted by Gasteiger charge is -2.22. The molecule has 7 heteroatoms. The van der Waals surface area contributed by atoms with E-state index in [2.05, 4.69) is 25.4 Å². The monoisotopic (exact) mass is 360 g/mol. The second-order valence-electron chi connectivity index (χ2n) is 7.24. The summed E-state index contributed by atoms with van der Waals surface area (Å²) in [5.74, 6) is 1.28. The van der Waals surface area contributed by atoms with Gasteiger partial charge in [-0.05, 0) is 30.9 Å². The Labute approximate surface area is 156 Å². The third kappa shape index (κ3) is 2.89. The number of carbonyl (C=O) groups is 1. The van der Waals surface area contributed by atoms with Crippen LogP contribution < -0.4 is 5.32 Å². The number of rotatable bonds is 4. The minimum Gasteiger partial charge on any atom is -0.367 e. The Balaban J connectivity index is 1.46. The first-order valence-corrected chi connectivity index (χ1v) is 9.45. The van der Waals surface area contributed by atoms with Crippen LogP contribution in [0.2, 0.25) is 0 Å². The second-order valence-corrected chi connectivity index (χ2v) is 7.24. The molecule has 3 heterocycles. The zero-order valence-electron chi connectivity index (χ0n) is 14.9. The van der Waals surface area contributed by atoms with Gasteiger partial charge in [-0.1, -0.05) is 25.3 Å². The average molecular weight is 360 g/mol. The maximum absolute atomic E-state index is 11.7. The molecule has 3 aromatic rings. The lowest BCUT2D eigenvalue weighted by atomic mass is 9.89. The molecular formula is C20H20N6O. The first-order valence-electron chi connectivity index (χ1n) is 9.45. The van der Waals surface area contributed by atoms with E-state index >= 15 is 0 Å². The fraction of sp³-hybridized carbons (Fsp3) is 0.350. The van der Waals surface area contributed by atoms with Crippen molar-refractivity contribution in [2.45, 2.75) is 32.1 Å². The lowest BCUT2D eigenvalue weighted by molar-refractivity contribution is 0.101. The molecule has 1 aliphatic carbocycles. The Morgan fingerprint density at radius 1 is 1.15 bits per heavy atom.